The molecule has 1 heterocycles. The second kappa shape index (κ2) is 6.24. The summed E-state index contributed by atoms with van der Waals surface area (Å²) in [6.45, 7) is 3.24. The Morgan fingerprint density at radius 1 is 1.20 bits per heavy atom. The van der Waals surface area contributed by atoms with Gasteiger partial charge in [0.2, 0.25) is 5.91 Å². The molecule has 0 aromatic heterocycles. The van der Waals surface area contributed by atoms with Gasteiger partial charge in [0.1, 0.15) is 6.61 Å². The Bertz CT molecular complexity index is 525. The van der Waals surface area contributed by atoms with Gasteiger partial charge in [0.15, 0.2) is 0 Å². The number of hydrogen-bond acceptors (Lipinski definition) is 3. The van der Waals surface area contributed by atoms with Crippen LogP contribution in [0, 0.1) is 6.92 Å². The molecule has 1 fully saturated rings. The van der Waals surface area contributed by atoms with Crippen LogP contribution in [0.5, 0.6) is 0 Å². The van der Waals surface area contributed by atoms with Crippen molar-refractivity contribution < 1.29 is 14.7 Å². The molecule has 1 N–H and O–H groups in total. The summed E-state index contributed by atoms with van der Waals surface area (Å²) >= 11 is 5.88. The van der Waals surface area contributed by atoms with Crippen molar-refractivity contribution in [2.24, 2.45) is 0 Å². The zero-order chi connectivity index (χ0) is 14.7. The summed E-state index contributed by atoms with van der Waals surface area (Å²) in [5, 5.41) is 9.43. The van der Waals surface area contributed by atoms with E-state index in [2.05, 4.69) is 0 Å². The maximum Gasteiger partial charge on any atom is 0.254 e. The molecule has 0 saturated carbocycles. The predicted octanol–water partition coefficient (Wildman–Crippen LogP) is 0.925. The molecule has 0 bridgehead atoms. The fourth-order valence-electron chi connectivity index (χ4n) is 2.30. The van der Waals surface area contributed by atoms with Crippen LogP contribution in [0.1, 0.15) is 15.9 Å². The van der Waals surface area contributed by atoms with Gasteiger partial charge < -0.3 is 14.9 Å². The van der Waals surface area contributed by atoms with Gasteiger partial charge in [-0.25, -0.2) is 0 Å². The summed E-state index contributed by atoms with van der Waals surface area (Å²) in [6.07, 6.45) is 0. The molecule has 0 radical (unpaired) electrons. The van der Waals surface area contributed by atoms with Crippen LogP contribution < -0.4 is 0 Å². The molecule has 1 aromatic rings. The Morgan fingerprint density at radius 2 is 1.80 bits per heavy atom. The van der Waals surface area contributed by atoms with Crippen molar-refractivity contribution in [3.8, 4) is 0 Å². The van der Waals surface area contributed by atoms with Crippen LogP contribution >= 0.6 is 11.6 Å². The highest BCUT2D eigenvalue weighted by Gasteiger charge is 2.25. The number of carbonyl (C=O) groups excluding carboxylic acids is 2. The van der Waals surface area contributed by atoms with Crippen LogP contribution in [0.25, 0.3) is 0 Å². The minimum Gasteiger partial charge on any atom is -0.387 e. The molecule has 2 rings (SSSR count). The van der Waals surface area contributed by atoms with E-state index in [1.165, 1.54) is 0 Å². The number of halogens is 1. The number of aryl methyl sites for hydroxylation is 1. The van der Waals surface area contributed by atoms with Gasteiger partial charge in [-0.3, -0.25) is 9.59 Å². The minimum atomic E-state index is -0.482. The molecule has 2 amide bonds. The van der Waals surface area contributed by atoms with Crippen molar-refractivity contribution in [2.45, 2.75) is 6.92 Å². The largest absolute Gasteiger partial charge is 0.387 e. The lowest BCUT2D eigenvalue weighted by Gasteiger charge is -2.34. The number of aliphatic hydroxyl groups excluding tert-OH is 1. The second-order valence-corrected chi connectivity index (χ2v) is 5.23. The zero-order valence-corrected chi connectivity index (χ0v) is 12.1. The number of hydrogen-bond donors (Lipinski definition) is 1. The first kappa shape index (κ1) is 14.8. The molecular weight excluding hydrogens is 280 g/mol. The monoisotopic (exact) mass is 296 g/mol. The van der Waals surface area contributed by atoms with E-state index >= 15 is 0 Å². The third kappa shape index (κ3) is 3.11. The normalized spacial score (nSPS) is 15.3. The van der Waals surface area contributed by atoms with Gasteiger partial charge in [-0.15, -0.1) is 0 Å². The van der Waals surface area contributed by atoms with Crippen LogP contribution in [-0.4, -0.2) is 59.5 Å². The fraction of sp³-hybridized carbons (Fsp3) is 0.429. The third-order valence-corrected chi connectivity index (χ3v) is 3.71. The first-order valence-corrected chi connectivity index (χ1v) is 6.85. The summed E-state index contributed by atoms with van der Waals surface area (Å²) in [5.41, 5.74) is 1.48. The molecule has 6 heteroatoms. The van der Waals surface area contributed by atoms with Gasteiger partial charge in [0.05, 0.1) is 0 Å². The first-order valence-electron chi connectivity index (χ1n) is 6.47. The maximum absolute atomic E-state index is 12.4. The summed E-state index contributed by atoms with van der Waals surface area (Å²) in [6, 6.07) is 5.19. The molecule has 0 unspecified atom stereocenters. The van der Waals surface area contributed by atoms with Crippen molar-refractivity contribution in [3.05, 3.63) is 34.3 Å². The Balaban J connectivity index is 2.03. The molecule has 1 aliphatic heterocycles. The topological polar surface area (TPSA) is 60.9 Å². The molecule has 5 nitrogen and oxygen atoms in total. The van der Waals surface area contributed by atoms with Crippen LogP contribution in [0.2, 0.25) is 5.02 Å². The molecule has 1 aliphatic rings. The third-order valence-electron chi connectivity index (χ3n) is 3.47. The summed E-state index contributed by atoms with van der Waals surface area (Å²) in [4.78, 5) is 27.1. The molecular formula is C14H17ClN2O3. The highest BCUT2D eigenvalue weighted by atomic mass is 35.5. The molecule has 1 aromatic carbocycles. The van der Waals surface area contributed by atoms with E-state index < -0.39 is 6.61 Å². The Kier molecular flexibility index (Phi) is 4.62. The van der Waals surface area contributed by atoms with Gasteiger partial charge in [-0.1, -0.05) is 11.6 Å². The van der Waals surface area contributed by atoms with E-state index in [9.17, 15) is 9.59 Å². The van der Waals surface area contributed by atoms with E-state index in [0.29, 0.717) is 36.8 Å². The number of rotatable bonds is 2. The molecule has 0 spiro atoms. The number of piperazine rings is 1. The average molecular weight is 297 g/mol. The van der Waals surface area contributed by atoms with E-state index in [1.807, 2.05) is 6.92 Å². The van der Waals surface area contributed by atoms with E-state index in [0.717, 1.165) is 5.56 Å². The molecule has 20 heavy (non-hydrogen) atoms. The van der Waals surface area contributed by atoms with Crippen molar-refractivity contribution in [1.29, 1.82) is 0 Å². The smallest absolute Gasteiger partial charge is 0.254 e. The molecule has 0 atom stereocenters. The van der Waals surface area contributed by atoms with Crippen molar-refractivity contribution in [1.82, 2.24) is 9.80 Å². The highest BCUT2D eigenvalue weighted by molar-refractivity contribution is 6.30. The lowest BCUT2D eigenvalue weighted by molar-refractivity contribution is -0.135. The molecule has 108 valence electrons. The van der Waals surface area contributed by atoms with E-state index in [4.69, 9.17) is 16.7 Å². The van der Waals surface area contributed by atoms with E-state index in [-0.39, 0.29) is 11.8 Å². The minimum absolute atomic E-state index is 0.0461. The van der Waals surface area contributed by atoms with Crippen molar-refractivity contribution in [3.63, 3.8) is 0 Å². The SMILES string of the molecule is Cc1cc(Cl)ccc1C(=O)N1CCN(C(=O)CO)CC1. The van der Waals surface area contributed by atoms with Crippen LogP contribution in [0.3, 0.4) is 0 Å². The number of benzene rings is 1. The van der Waals surface area contributed by atoms with Crippen LogP contribution in [-0.2, 0) is 4.79 Å². The molecule has 1 saturated heterocycles. The van der Waals surface area contributed by atoms with Gasteiger partial charge in [0, 0.05) is 36.8 Å². The zero-order valence-electron chi connectivity index (χ0n) is 11.3. The Morgan fingerprint density at radius 3 is 2.35 bits per heavy atom. The summed E-state index contributed by atoms with van der Waals surface area (Å²) in [7, 11) is 0. The lowest BCUT2D eigenvalue weighted by atomic mass is 10.1. The fourth-order valence-corrected chi connectivity index (χ4v) is 2.52. The summed E-state index contributed by atoms with van der Waals surface area (Å²) in [5.74, 6) is -0.338. The second-order valence-electron chi connectivity index (χ2n) is 4.79. The summed E-state index contributed by atoms with van der Waals surface area (Å²) < 4.78 is 0. The predicted molar refractivity (Wildman–Crippen MR) is 75.8 cm³/mol. The van der Waals surface area contributed by atoms with Crippen LogP contribution in [0.15, 0.2) is 18.2 Å². The van der Waals surface area contributed by atoms with E-state index in [1.54, 1.807) is 28.0 Å². The molecule has 0 aliphatic carbocycles. The standard InChI is InChI=1S/C14H17ClN2O3/c1-10-8-11(15)2-3-12(10)14(20)17-6-4-16(5-7-17)13(19)9-18/h2-3,8,18H,4-7,9H2,1H3. The number of amides is 2. The average Bonchev–Trinajstić information content (AvgIpc) is 2.46. The van der Waals surface area contributed by atoms with Gasteiger partial charge in [-0.2, -0.15) is 0 Å². The number of carbonyl (C=O) groups is 2. The maximum atomic E-state index is 12.4. The lowest BCUT2D eigenvalue weighted by Crippen LogP contribution is -2.51. The first-order chi connectivity index (χ1) is 9.52. The highest BCUT2D eigenvalue weighted by Crippen LogP contribution is 2.17. The quantitative estimate of drug-likeness (QED) is 0.883. The van der Waals surface area contributed by atoms with Gasteiger partial charge in [0.25, 0.3) is 5.91 Å². The number of nitrogens with zero attached hydrogens (tertiary/aromatic N) is 2. The van der Waals surface area contributed by atoms with Gasteiger partial charge in [-0.05, 0) is 30.7 Å². The Labute approximate surface area is 122 Å². The van der Waals surface area contributed by atoms with Crippen LogP contribution in [0.4, 0.5) is 0 Å². The van der Waals surface area contributed by atoms with Crippen molar-refractivity contribution in [2.75, 3.05) is 32.8 Å². The Hall–Kier alpha value is -1.59. The van der Waals surface area contributed by atoms with Gasteiger partial charge >= 0.3 is 0 Å². The number of aliphatic hydroxyl groups is 1. The van der Waals surface area contributed by atoms with Crippen molar-refractivity contribution >= 4 is 23.4 Å².